The van der Waals surface area contributed by atoms with Gasteiger partial charge < -0.3 is 20.1 Å². The van der Waals surface area contributed by atoms with Crippen LogP contribution in [0.3, 0.4) is 0 Å². The highest BCUT2D eigenvalue weighted by Crippen LogP contribution is 2.11. The molecule has 1 aromatic rings. The molecule has 21 heavy (non-hydrogen) atoms. The van der Waals surface area contributed by atoms with E-state index >= 15 is 0 Å². The lowest BCUT2D eigenvalue weighted by Gasteiger charge is -2.07. The summed E-state index contributed by atoms with van der Waals surface area (Å²) >= 11 is 0. The molecule has 0 aliphatic carbocycles. The molecule has 1 aromatic carbocycles. The summed E-state index contributed by atoms with van der Waals surface area (Å²) in [4.78, 5) is 23.0. The fourth-order valence-corrected chi connectivity index (χ4v) is 1.68. The van der Waals surface area contributed by atoms with Crippen molar-refractivity contribution >= 4 is 11.8 Å². The van der Waals surface area contributed by atoms with Gasteiger partial charge in [-0.15, -0.1) is 0 Å². The summed E-state index contributed by atoms with van der Waals surface area (Å²) in [5.41, 5.74) is 0.914. The highest BCUT2D eigenvalue weighted by Gasteiger charge is 2.04. The van der Waals surface area contributed by atoms with Gasteiger partial charge in [0, 0.05) is 26.6 Å². The van der Waals surface area contributed by atoms with Crippen LogP contribution in [0.5, 0.6) is 5.75 Å². The van der Waals surface area contributed by atoms with Gasteiger partial charge in [0.05, 0.1) is 20.1 Å². The van der Waals surface area contributed by atoms with Crippen LogP contribution in [0.15, 0.2) is 24.3 Å². The Bertz CT molecular complexity index is 445. The molecule has 0 aliphatic rings. The first-order chi connectivity index (χ1) is 10.2. The minimum atomic E-state index is -0.0822. The van der Waals surface area contributed by atoms with Gasteiger partial charge in [-0.3, -0.25) is 9.59 Å². The summed E-state index contributed by atoms with van der Waals surface area (Å²) in [5.74, 6) is 0.602. The van der Waals surface area contributed by atoms with Crippen molar-refractivity contribution in [3.05, 3.63) is 29.8 Å². The van der Waals surface area contributed by atoms with Crippen molar-refractivity contribution in [2.24, 2.45) is 0 Å². The van der Waals surface area contributed by atoms with Gasteiger partial charge in [-0.25, -0.2) is 0 Å². The summed E-state index contributed by atoms with van der Waals surface area (Å²) in [7, 11) is 3.15. The number of hydrogen-bond acceptors (Lipinski definition) is 4. The number of benzene rings is 1. The second-order valence-corrected chi connectivity index (χ2v) is 4.47. The fourth-order valence-electron chi connectivity index (χ4n) is 1.68. The van der Waals surface area contributed by atoms with Gasteiger partial charge in [-0.1, -0.05) is 12.1 Å². The first-order valence-corrected chi connectivity index (χ1v) is 6.81. The third-order valence-electron chi connectivity index (χ3n) is 2.83. The van der Waals surface area contributed by atoms with Crippen molar-refractivity contribution in [3.63, 3.8) is 0 Å². The van der Waals surface area contributed by atoms with E-state index < -0.39 is 0 Å². The highest BCUT2D eigenvalue weighted by atomic mass is 16.5. The Morgan fingerprint density at radius 1 is 1.00 bits per heavy atom. The molecule has 0 radical (unpaired) electrons. The van der Waals surface area contributed by atoms with Crippen LogP contribution in [0.25, 0.3) is 0 Å². The van der Waals surface area contributed by atoms with Gasteiger partial charge >= 0.3 is 0 Å². The number of hydrogen-bond donors (Lipinski definition) is 2. The predicted octanol–water partition coefficient (Wildman–Crippen LogP) is 0.507. The molecule has 0 spiro atoms. The van der Waals surface area contributed by atoms with E-state index in [-0.39, 0.29) is 11.8 Å². The second-order valence-electron chi connectivity index (χ2n) is 4.47. The number of amides is 2. The molecule has 0 saturated heterocycles. The topological polar surface area (TPSA) is 76.7 Å². The summed E-state index contributed by atoms with van der Waals surface area (Å²) in [5, 5.41) is 5.46. The molecule has 0 aliphatic heterocycles. The smallest absolute Gasteiger partial charge is 0.224 e. The number of carbonyl (C=O) groups is 2. The molecule has 1 rings (SSSR count). The van der Waals surface area contributed by atoms with Gasteiger partial charge in [0.2, 0.25) is 11.8 Å². The fraction of sp³-hybridized carbons (Fsp3) is 0.467. The van der Waals surface area contributed by atoms with Crippen LogP contribution < -0.4 is 15.4 Å². The van der Waals surface area contributed by atoms with Gasteiger partial charge in [-0.05, 0) is 17.7 Å². The first-order valence-electron chi connectivity index (χ1n) is 6.81. The van der Waals surface area contributed by atoms with Crippen LogP contribution in [0.1, 0.15) is 12.0 Å². The third kappa shape index (κ3) is 7.31. The molecular weight excluding hydrogens is 272 g/mol. The Labute approximate surface area is 124 Å². The number of methoxy groups -OCH3 is 2. The summed E-state index contributed by atoms with van der Waals surface area (Å²) in [6, 6.07) is 7.34. The number of nitrogens with one attached hydrogen (secondary N) is 2. The van der Waals surface area contributed by atoms with Crippen LogP contribution in [0, 0.1) is 0 Å². The Morgan fingerprint density at radius 3 is 2.19 bits per heavy atom. The molecule has 6 nitrogen and oxygen atoms in total. The maximum atomic E-state index is 11.7. The van der Waals surface area contributed by atoms with Gasteiger partial charge in [-0.2, -0.15) is 0 Å². The molecule has 116 valence electrons. The predicted molar refractivity (Wildman–Crippen MR) is 79.2 cm³/mol. The molecule has 0 bridgehead atoms. The average molecular weight is 294 g/mol. The van der Waals surface area contributed by atoms with Crippen LogP contribution in [0.2, 0.25) is 0 Å². The molecular formula is C15H22N2O4. The van der Waals surface area contributed by atoms with E-state index in [2.05, 4.69) is 10.6 Å². The molecule has 2 amide bonds. The SMILES string of the molecule is COCCC(=O)NCCNC(=O)Cc1ccc(OC)cc1. The Balaban J connectivity index is 2.17. The van der Waals surface area contributed by atoms with Crippen LogP contribution in [0.4, 0.5) is 0 Å². The highest BCUT2D eigenvalue weighted by molar-refractivity contribution is 5.79. The first kappa shape index (κ1) is 17.0. The van der Waals surface area contributed by atoms with E-state index in [1.54, 1.807) is 14.2 Å². The zero-order valence-electron chi connectivity index (χ0n) is 12.5. The van der Waals surface area contributed by atoms with Gasteiger partial charge in [0.15, 0.2) is 0 Å². The van der Waals surface area contributed by atoms with E-state index in [0.717, 1.165) is 11.3 Å². The van der Waals surface area contributed by atoms with E-state index in [4.69, 9.17) is 9.47 Å². The van der Waals surface area contributed by atoms with Crippen molar-refractivity contribution in [2.75, 3.05) is 33.9 Å². The van der Waals surface area contributed by atoms with E-state index in [1.807, 2.05) is 24.3 Å². The minimum absolute atomic E-state index is 0.0775. The summed E-state index contributed by atoms with van der Waals surface area (Å²) in [6.45, 7) is 1.22. The molecule has 0 heterocycles. The maximum absolute atomic E-state index is 11.7. The Morgan fingerprint density at radius 2 is 1.62 bits per heavy atom. The van der Waals surface area contributed by atoms with Crippen LogP contribution in [-0.2, 0) is 20.7 Å². The molecule has 0 atom stereocenters. The van der Waals surface area contributed by atoms with Crippen molar-refractivity contribution in [1.82, 2.24) is 10.6 Å². The van der Waals surface area contributed by atoms with Gasteiger partial charge in [0.1, 0.15) is 5.75 Å². The molecule has 0 fully saturated rings. The van der Waals surface area contributed by atoms with Crippen molar-refractivity contribution in [3.8, 4) is 5.75 Å². The Kier molecular flexibility index (Phi) is 7.89. The van der Waals surface area contributed by atoms with Crippen LogP contribution in [-0.4, -0.2) is 45.7 Å². The third-order valence-corrected chi connectivity index (χ3v) is 2.83. The lowest BCUT2D eigenvalue weighted by molar-refractivity contribution is -0.123. The standard InChI is InChI=1S/C15H22N2O4/c1-20-10-7-14(18)16-8-9-17-15(19)11-12-3-5-13(21-2)6-4-12/h3-6H,7-11H2,1-2H3,(H,16,18)(H,17,19). The normalized spacial score (nSPS) is 10.0. The molecule has 0 saturated carbocycles. The van der Waals surface area contributed by atoms with Crippen LogP contribution >= 0.6 is 0 Å². The zero-order chi connectivity index (χ0) is 15.5. The largest absolute Gasteiger partial charge is 0.497 e. The molecule has 2 N–H and O–H groups in total. The maximum Gasteiger partial charge on any atom is 0.224 e. The van der Waals surface area contributed by atoms with E-state index in [9.17, 15) is 9.59 Å². The minimum Gasteiger partial charge on any atom is -0.497 e. The molecule has 0 unspecified atom stereocenters. The van der Waals surface area contributed by atoms with E-state index in [1.165, 1.54) is 0 Å². The monoisotopic (exact) mass is 294 g/mol. The average Bonchev–Trinajstić information content (AvgIpc) is 2.50. The Hall–Kier alpha value is -2.08. The zero-order valence-corrected chi connectivity index (χ0v) is 12.5. The molecule has 6 heteroatoms. The van der Waals surface area contributed by atoms with Crippen molar-refractivity contribution in [1.29, 1.82) is 0 Å². The second kappa shape index (κ2) is 9.77. The van der Waals surface area contributed by atoms with Gasteiger partial charge in [0.25, 0.3) is 0 Å². The van der Waals surface area contributed by atoms with Crippen molar-refractivity contribution < 1.29 is 19.1 Å². The number of carbonyl (C=O) groups excluding carboxylic acids is 2. The quantitative estimate of drug-likeness (QED) is 0.651. The lowest BCUT2D eigenvalue weighted by Crippen LogP contribution is -2.35. The van der Waals surface area contributed by atoms with Crippen molar-refractivity contribution in [2.45, 2.75) is 12.8 Å². The summed E-state index contributed by atoms with van der Waals surface area (Å²) in [6.07, 6.45) is 0.637. The number of rotatable bonds is 9. The number of ether oxygens (including phenoxy) is 2. The summed E-state index contributed by atoms with van der Waals surface area (Å²) < 4.78 is 9.85. The lowest BCUT2D eigenvalue weighted by atomic mass is 10.1. The molecule has 0 aromatic heterocycles. The van der Waals surface area contributed by atoms with E-state index in [0.29, 0.717) is 32.5 Å².